The normalized spacial score (nSPS) is 21.0. The van der Waals surface area contributed by atoms with Crippen LogP contribution < -0.4 is 5.32 Å². The Balaban J connectivity index is 1.69. The number of hydrogen-bond acceptors (Lipinski definition) is 4. The van der Waals surface area contributed by atoms with E-state index in [0.29, 0.717) is 17.9 Å². The first-order valence-corrected chi connectivity index (χ1v) is 10.4. The largest absolute Gasteiger partial charge is 0.326 e. The third-order valence-corrected chi connectivity index (χ3v) is 6.19. The predicted molar refractivity (Wildman–Crippen MR) is 109 cm³/mol. The van der Waals surface area contributed by atoms with E-state index in [2.05, 4.69) is 12.2 Å². The van der Waals surface area contributed by atoms with Gasteiger partial charge in [-0.05, 0) is 53.8 Å². The summed E-state index contributed by atoms with van der Waals surface area (Å²) in [5, 5.41) is 2.61. The Bertz CT molecular complexity index is 764. The minimum Gasteiger partial charge on any atom is -0.326 e. The van der Waals surface area contributed by atoms with Crippen molar-refractivity contribution in [3.8, 4) is 0 Å². The van der Waals surface area contributed by atoms with Crippen molar-refractivity contribution in [3.63, 3.8) is 0 Å². The van der Waals surface area contributed by atoms with Crippen LogP contribution in [0.3, 0.4) is 0 Å². The first-order valence-electron chi connectivity index (χ1n) is 9.55. The van der Waals surface area contributed by atoms with Crippen molar-refractivity contribution in [2.45, 2.75) is 52.4 Å². The van der Waals surface area contributed by atoms with Gasteiger partial charge in [0.05, 0.1) is 4.91 Å². The lowest BCUT2D eigenvalue weighted by Gasteiger charge is -2.35. The van der Waals surface area contributed by atoms with Crippen LogP contribution in [0.1, 0.15) is 57.9 Å². The molecule has 2 aliphatic rings. The molecule has 3 rings (SSSR count). The van der Waals surface area contributed by atoms with Crippen molar-refractivity contribution in [3.05, 3.63) is 34.7 Å². The fraction of sp³-hybridized carbons (Fsp3) is 0.476. The van der Waals surface area contributed by atoms with Gasteiger partial charge in [-0.15, -0.1) is 0 Å². The third-order valence-electron chi connectivity index (χ3n) is 5.29. The second kappa shape index (κ2) is 8.30. The number of nitrogens with zero attached hydrogens (tertiary/aromatic N) is 1. The third kappa shape index (κ3) is 4.80. The van der Waals surface area contributed by atoms with E-state index in [1.54, 1.807) is 25.1 Å². The lowest BCUT2D eigenvalue weighted by Crippen LogP contribution is -2.39. The molecular weight excluding hydrogens is 360 g/mol. The van der Waals surface area contributed by atoms with Crippen molar-refractivity contribution in [1.82, 2.24) is 4.90 Å². The summed E-state index contributed by atoms with van der Waals surface area (Å²) < 4.78 is 0. The summed E-state index contributed by atoms with van der Waals surface area (Å²) in [6, 6.07) is 7.27. The van der Waals surface area contributed by atoms with E-state index in [9.17, 15) is 14.4 Å². The van der Waals surface area contributed by atoms with E-state index in [1.165, 1.54) is 24.2 Å². The van der Waals surface area contributed by atoms with Crippen molar-refractivity contribution >= 4 is 40.6 Å². The fourth-order valence-electron chi connectivity index (χ4n) is 3.64. The number of carbonyl (C=O) groups is 3. The average Bonchev–Trinajstić information content (AvgIpc) is 2.91. The van der Waals surface area contributed by atoms with E-state index >= 15 is 0 Å². The summed E-state index contributed by atoms with van der Waals surface area (Å²) in [4.78, 5) is 38.4. The Morgan fingerprint density at radius 3 is 2.48 bits per heavy atom. The molecule has 1 aliphatic heterocycles. The maximum Gasteiger partial charge on any atom is 0.293 e. The lowest BCUT2D eigenvalue weighted by atomic mass is 9.75. The van der Waals surface area contributed by atoms with Crippen LogP contribution in [0.15, 0.2) is 29.2 Å². The number of benzene rings is 1. The topological polar surface area (TPSA) is 66.5 Å². The van der Waals surface area contributed by atoms with E-state index < -0.39 is 0 Å². The number of nitrogens with one attached hydrogen (secondary N) is 1. The molecule has 1 N–H and O–H groups in total. The van der Waals surface area contributed by atoms with Gasteiger partial charge in [-0.3, -0.25) is 19.3 Å². The minimum absolute atomic E-state index is 0.0404. The molecule has 0 unspecified atom stereocenters. The lowest BCUT2D eigenvalue weighted by molar-refractivity contribution is -0.124. The molecule has 1 aromatic carbocycles. The number of amides is 3. The van der Waals surface area contributed by atoms with Gasteiger partial charge in [-0.1, -0.05) is 45.2 Å². The molecule has 1 saturated carbocycles. The Morgan fingerprint density at radius 1 is 1.19 bits per heavy atom. The quantitative estimate of drug-likeness (QED) is 0.720. The van der Waals surface area contributed by atoms with E-state index in [-0.39, 0.29) is 22.5 Å². The van der Waals surface area contributed by atoms with Gasteiger partial charge in [0.1, 0.15) is 0 Å². The smallest absolute Gasteiger partial charge is 0.293 e. The standard InChI is InChI=1S/C21H26N2O3S/c1-3-18(24)22-16-9-7-15(8-10-16)13-17-19(25)23(20(26)27-17)14-21(2)11-5-4-6-12-21/h7-10,13H,3-6,11-12,14H2,1-2H3,(H,22,24). The summed E-state index contributed by atoms with van der Waals surface area (Å²) in [5.41, 5.74) is 1.59. The number of hydrogen-bond donors (Lipinski definition) is 1. The molecule has 1 aliphatic carbocycles. The molecule has 3 amide bonds. The Morgan fingerprint density at radius 2 is 1.85 bits per heavy atom. The molecule has 5 nitrogen and oxygen atoms in total. The molecular formula is C21H26N2O3S. The van der Waals surface area contributed by atoms with Crippen LogP contribution >= 0.6 is 11.8 Å². The maximum absolute atomic E-state index is 12.7. The molecule has 0 radical (unpaired) electrons. The SMILES string of the molecule is CCC(=O)Nc1ccc(C=C2SC(=O)N(CC3(C)CCCCC3)C2=O)cc1. The summed E-state index contributed by atoms with van der Waals surface area (Å²) in [6.45, 7) is 4.49. The summed E-state index contributed by atoms with van der Waals surface area (Å²) in [5.74, 6) is -0.236. The van der Waals surface area contributed by atoms with Crippen LogP contribution in [0.5, 0.6) is 0 Å². The van der Waals surface area contributed by atoms with Gasteiger partial charge < -0.3 is 5.32 Å². The monoisotopic (exact) mass is 386 g/mol. The Hall–Kier alpha value is -2.08. The second-order valence-electron chi connectivity index (χ2n) is 7.66. The van der Waals surface area contributed by atoms with Crippen molar-refractivity contribution in [2.24, 2.45) is 5.41 Å². The van der Waals surface area contributed by atoms with Crippen molar-refractivity contribution in [1.29, 1.82) is 0 Å². The molecule has 2 fully saturated rings. The summed E-state index contributed by atoms with van der Waals surface area (Å²) in [7, 11) is 0. The molecule has 0 atom stereocenters. The fourth-order valence-corrected chi connectivity index (χ4v) is 4.48. The van der Waals surface area contributed by atoms with Gasteiger partial charge in [-0.2, -0.15) is 0 Å². The molecule has 0 spiro atoms. The molecule has 1 heterocycles. The van der Waals surface area contributed by atoms with Crippen LogP contribution in [0, 0.1) is 5.41 Å². The first kappa shape index (κ1) is 19.7. The number of rotatable bonds is 5. The number of imide groups is 1. The maximum atomic E-state index is 12.7. The molecule has 1 aromatic rings. The van der Waals surface area contributed by atoms with Gasteiger partial charge in [-0.25, -0.2) is 0 Å². The van der Waals surface area contributed by atoms with E-state index in [4.69, 9.17) is 0 Å². The van der Waals surface area contributed by atoms with Gasteiger partial charge in [0.15, 0.2) is 0 Å². The van der Waals surface area contributed by atoms with Crippen LogP contribution in [-0.4, -0.2) is 28.5 Å². The van der Waals surface area contributed by atoms with Gasteiger partial charge in [0, 0.05) is 18.7 Å². The highest BCUT2D eigenvalue weighted by Crippen LogP contribution is 2.40. The highest BCUT2D eigenvalue weighted by atomic mass is 32.2. The molecule has 0 aromatic heterocycles. The zero-order valence-electron chi connectivity index (χ0n) is 15.9. The molecule has 1 saturated heterocycles. The highest BCUT2D eigenvalue weighted by molar-refractivity contribution is 8.18. The van der Waals surface area contributed by atoms with Crippen LogP contribution in [0.2, 0.25) is 0 Å². The predicted octanol–water partition coefficient (Wildman–Crippen LogP) is 5.04. The Kier molecular flexibility index (Phi) is 6.05. The summed E-state index contributed by atoms with van der Waals surface area (Å²) >= 11 is 1.01. The van der Waals surface area contributed by atoms with Crippen LogP contribution in [0.4, 0.5) is 10.5 Å². The van der Waals surface area contributed by atoms with Gasteiger partial charge >= 0.3 is 0 Å². The number of thioether (sulfide) groups is 1. The van der Waals surface area contributed by atoms with Gasteiger partial charge in [0.25, 0.3) is 11.1 Å². The zero-order chi connectivity index (χ0) is 19.4. The highest BCUT2D eigenvalue weighted by Gasteiger charge is 2.40. The van der Waals surface area contributed by atoms with Crippen LogP contribution in [0.25, 0.3) is 6.08 Å². The number of carbonyl (C=O) groups excluding carboxylic acids is 3. The Labute approximate surface area is 164 Å². The van der Waals surface area contributed by atoms with Crippen molar-refractivity contribution in [2.75, 3.05) is 11.9 Å². The van der Waals surface area contributed by atoms with Crippen molar-refractivity contribution < 1.29 is 14.4 Å². The van der Waals surface area contributed by atoms with E-state index in [1.807, 2.05) is 12.1 Å². The molecule has 144 valence electrons. The molecule has 27 heavy (non-hydrogen) atoms. The molecule has 6 heteroatoms. The first-order chi connectivity index (χ1) is 12.9. The van der Waals surface area contributed by atoms with Gasteiger partial charge in [0.2, 0.25) is 5.91 Å². The minimum atomic E-state index is -0.194. The molecule has 0 bridgehead atoms. The van der Waals surface area contributed by atoms with E-state index in [0.717, 1.165) is 35.9 Å². The number of anilines is 1. The second-order valence-corrected chi connectivity index (χ2v) is 8.66. The van der Waals surface area contributed by atoms with Crippen LogP contribution in [-0.2, 0) is 9.59 Å². The summed E-state index contributed by atoms with van der Waals surface area (Å²) in [6.07, 6.45) is 7.89. The zero-order valence-corrected chi connectivity index (χ0v) is 16.7. The average molecular weight is 387 g/mol.